The van der Waals surface area contributed by atoms with E-state index in [2.05, 4.69) is 10.5 Å². The van der Waals surface area contributed by atoms with Crippen LogP contribution in [0.25, 0.3) is 0 Å². The molecular weight excluding hydrogens is 216 g/mol. The fourth-order valence-corrected chi connectivity index (χ4v) is 1.71. The summed E-state index contributed by atoms with van der Waals surface area (Å²) in [5, 5.41) is 6.48. The Labute approximate surface area is 99.6 Å². The molecule has 0 spiro atoms. The highest BCUT2D eigenvalue weighted by Crippen LogP contribution is 2.20. The van der Waals surface area contributed by atoms with Gasteiger partial charge < -0.3 is 9.84 Å². The van der Waals surface area contributed by atoms with E-state index in [-0.39, 0.29) is 5.91 Å². The zero-order chi connectivity index (χ0) is 12.4. The van der Waals surface area contributed by atoms with E-state index in [1.807, 2.05) is 32.0 Å². The van der Waals surface area contributed by atoms with Crippen molar-refractivity contribution in [2.24, 2.45) is 0 Å². The molecule has 1 aromatic carbocycles. The van der Waals surface area contributed by atoms with Crippen LogP contribution >= 0.6 is 0 Å². The van der Waals surface area contributed by atoms with Gasteiger partial charge >= 0.3 is 0 Å². The van der Waals surface area contributed by atoms with Gasteiger partial charge in [0, 0.05) is 5.69 Å². The van der Waals surface area contributed by atoms with E-state index in [9.17, 15) is 4.79 Å². The zero-order valence-electron chi connectivity index (χ0n) is 10.1. The number of benzene rings is 1. The van der Waals surface area contributed by atoms with Crippen molar-refractivity contribution in [3.8, 4) is 0 Å². The lowest BCUT2D eigenvalue weighted by molar-refractivity contribution is 0.102. The number of nitrogens with zero attached hydrogens (tertiary/aromatic N) is 1. The molecule has 1 N–H and O–H groups in total. The van der Waals surface area contributed by atoms with Crippen molar-refractivity contribution in [1.29, 1.82) is 0 Å². The van der Waals surface area contributed by atoms with Crippen LogP contribution in [0.3, 0.4) is 0 Å². The van der Waals surface area contributed by atoms with E-state index in [4.69, 9.17) is 4.52 Å². The van der Waals surface area contributed by atoms with Gasteiger partial charge in [-0.25, -0.2) is 0 Å². The molecule has 0 saturated carbocycles. The van der Waals surface area contributed by atoms with Crippen LogP contribution in [0.1, 0.15) is 27.2 Å². The predicted octanol–water partition coefficient (Wildman–Crippen LogP) is 2.85. The molecule has 1 aromatic heterocycles. The molecule has 2 aromatic rings. The van der Waals surface area contributed by atoms with Gasteiger partial charge in [0.1, 0.15) is 11.3 Å². The van der Waals surface area contributed by atoms with E-state index in [0.717, 1.165) is 16.8 Å². The maximum Gasteiger partial charge on any atom is 0.260 e. The molecular formula is C13H14N2O2. The summed E-state index contributed by atoms with van der Waals surface area (Å²) in [6, 6.07) is 5.89. The fraction of sp³-hybridized carbons (Fsp3) is 0.231. The second kappa shape index (κ2) is 4.41. The molecule has 0 radical (unpaired) electrons. The van der Waals surface area contributed by atoms with E-state index >= 15 is 0 Å². The number of hydrogen-bond donors (Lipinski definition) is 1. The standard InChI is InChI=1S/C13H14N2O2/c1-8-5-4-6-9(2)12(8)15-13(16)11-7-14-17-10(11)3/h4-7H,1-3H3,(H,15,16). The third-order valence-electron chi connectivity index (χ3n) is 2.72. The molecule has 4 heteroatoms. The van der Waals surface area contributed by atoms with Crippen molar-refractivity contribution in [2.45, 2.75) is 20.8 Å². The molecule has 1 amide bonds. The summed E-state index contributed by atoms with van der Waals surface area (Å²) in [5.41, 5.74) is 3.38. The average molecular weight is 230 g/mol. The van der Waals surface area contributed by atoms with Gasteiger partial charge in [-0.2, -0.15) is 0 Å². The van der Waals surface area contributed by atoms with Crippen molar-refractivity contribution >= 4 is 11.6 Å². The predicted molar refractivity (Wildman–Crippen MR) is 65.1 cm³/mol. The Kier molecular flexibility index (Phi) is 2.95. The minimum atomic E-state index is -0.193. The number of anilines is 1. The maximum atomic E-state index is 12.0. The van der Waals surface area contributed by atoms with Crippen LogP contribution in [0.5, 0.6) is 0 Å². The third-order valence-corrected chi connectivity index (χ3v) is 2.72. The van der Waals surface area contributed by atoms with Gasteiger partial charge in [-0.3, -0.25) is 4.79 Å². The third kappa shape index (κ3) is 2.20. The van der Waals surface area contributed by atoms with Crippen LogP contribution in [-0.2, 0) is 0 Å². The smallest absolute Gasteiger partial charge is 0.260 e. The number of rotatable bonds is 2. The number of carbonyl (C=O) groups is 1. The Bertz CT molecular complexity index is 538. The molecule has 0 unspecified atom stereocenters. The van der Waals surface area contributed by atoms with Crippen molar-refractivity contribution in [3.63, 3.8) is 0 Å². The number of hydrogen-bond acceptors (Lipinski definition) is 3. The lowest BCUT2D eigenvalue weighted by atomic mass is 10.1. The van der Waals surface area contributed by atoms with Gasteiger partial charge in [-0.15, -0.1) is 0 Å². The molecule has 0 fully saturated rings. The first-order valence-corrected chi connectivity index (χ1v) is 5.38. The van der Waals surface area contributed by atoms with Crippen molar-refractivity contribution in [2.75, 3.05) is 5.32 Å². The summed E-state index contributed by atoms with van der Waals surface area (Å²) in [4.78, 5) is 12.0. The normalized spacial score (nSPS) is 10.3. The average Bonchev–Trinajstić information content (AvgIpc) is 2.70. The van der Waals surface area contributed by atoms with Gasteiger partial charge in [0.15, 0.2) is 0 Å². The highest BCUT2D eigenvalue weighted by molar-refractivity contribution is 6.05. The lowest BCUT2D eigenvalue weighted by Gasteiger charge is -2.10. The van der Waals surface area contributed by atoms with Gasteiger partial charge in [0.2, 0.25) is 0 Å². The first kappa shape index (κ1) is 11.4. The molecule has 0 saturated heterocycles. The van der Waals surface area contributed by atoms with Gasteiger partial charge in [0.25, 0.3) is 5.91 Å². The van der Waals surface area contributed by atoms with Crippen LogP contribution in [0.4, 0.5) is 5.69 Å². The maximum absolute atomic E-state index is 12.0. The van der Waals surface area contributed by atoms with E-state index in [0.29, 0.717) is 11.3 Å². The summed E-state index contributed by atoms with van der Waals surface area (Å²) in [6.07, 6.45) is 1.43. The van der Waals surface area contributed by atoms with Crippen molar-refractivity contribution < 1.29 is 9.32 Å². The van der Waals surface area contributed by atoms with Gasteiger partial charge in [-0.05, 0) is 31.9 Å². The Balaban J connectivity index is 2.28. The molecule has 4 nitrogen and oxygen atoms in total. The summed E-state index contributed by atoms with van der Waals surface area (Å²) < 4.78 is 4.87. The summed E-state index contributed by atoms with van der Waals surface area (Å²) in [5.74, 6) is 0.329. The van der Waals surface area contributed by atoms with Crippen LogP contribution in [0.2, 0.25) is 0 Å². The lowest BCUT2D eigenvalue weighted by Crippen LogP contribution is -2.14. The number of aromatic nitrogens is 1. The second-order valence-corrected chi connectivity index (χ2v) is 4.02. The summed E-state index contributed by atoms with van der Waals surface area (Å²) in [6.45, 7) is 5.64. The Morgan fingerprint density at radius 3 is 2.41 bits per heavy atom. The first-order chi connectivity index (χ1) is 8.09. The van der Waals surface area contributed by atoms with Crippen LogP contribution < -0.4 is 5.32 Å². The van der Waals surface area contributed by atoms with Gasteiger partial charge in [-0.1, -0.05) is 23.4 Å². The quantitative estimate of drug-likeness (QED) is 0.863. The van der Waals surface area contributed by atoms with E-state index in [1.54, 1.807) is 6.92 Å². The molecule has 0 aliphatic heterocycles. The topological polar surface area (TPSA) is 55.1 Å². The second-order valence-electron chi connectivity index (χ2n) is 4.02. The molecule has 17 heavy (non-hydrogen) atoms. The number of amides is 1. The molecule has 0 atom stereocenters. The van der Waals surface area contributed by atoms with Crippen molar-refractivity contribution in [1.82, 2.24) is 5.16 Å². The molecule has 2 rings (SSSR count). The largest absolute Gasteiger partial charge is 0.361 e. The molecule has 88 valence electrons. The monoisotopic (exact) mass is 230 g/mol. The molecule has 0 aliphatic rings. The SMILES string of the molecule is Cc1cccc(C)c1NC(=O)c1cnoc1C. The van der Waals surface area contributed by atoms with E-state index in [1.165, 1.54) is 6.20 Å². The number of para-hydroxylation sites is 1. The minimum Gasteiger partial charge on any atom is -0.361 e. The van der Waals surface area contributed by atoms with Gasteiger partial charge in [0.05, 0.1) is 6.20 Å². The minimum absolute atomic E-state index is 0.193. The van der Waals surface area contributed by atoms with Crippen LogP contribution in [0.15, 0.2) is 28.9 Å². The van der Waals surface area contributed by atoms with E-state index < -0.39 is 0 Å². The number of nitrogens with one attached hydrogen (secondary N) is 1. The number of carbonyl (C=O) groups excluding carboxylic acids is 1. The molecule has 0 aliphatic carbocycles. The summed E-state index contributed by atoms with van der Waals surface area (Å²) in [7, 11) is 0. The van der Waals surface area contributed by atoms with Crippen molar-refractivity contribution in [3.05, 3.63) is 46.8 Å². The van der Waals surface area contributed by atoms with Crippen LogP contribution in [-0.4, -0.2) is 11.1 Å². The molecule has 1 heterocycles. The fourth-order valence-electron chi connectivity index (χ4n) is 1.71. The zero-order valence-corrected chi connectivity index (χ0v) is 10.1. The molecule has 0 bridgehead atoms. The highest BCUT2D eigenvalue weighted by Gasteiger charge is 2.14. The first-order valence-electron chi connectivity index (χ1n) is 5.38. The Hall–Kier alpha value is -2.10. The Morgan fingerprint density at radius 1 is 1.24 bits per heavy atom. The summed E-state index contributed by atoms with van der Waals surface area (Å²) >= 11 is 0. The Morgan fingerprint density at radius 2 is 1.88 bits per heavy atom. The number of aryl methyl sites for hydroxylation is 3. The highest BCUT2D eigenvalue weighted by atomic mass is 16.5. The van der Waals surface area contributed by atoms with Crippen LogP contribution in [0, 0.1) is 20.8 Å².